The standard InChI is InChI=1S/C18H15F3N2S/c1-2-12-6-8-13(9-7-12)16-11-23(17(24)22-16)15-5-3-4-14(10-15)18(19,20)21/h3-11H,2H2,1H3,(H,22,24). The zero-order valence-corrected chi connectivity index (χ0v) is 13.7. The van der Waals surface area contributed by atoms with Gasteiger partial charge in [0.1, 0.15) is 0 Å². The summed E-state index contributed by atoms with van der Waals surface area (Å²) in [5.41, 5.74) is 2.60. The molecule has 2 aromatic carbocycles. The van der Waals surface area contributed by atoms with Crippen LogP contribution in [0.25, 0.3) is 16.9 Å². The zero-order chi connectivity index (χ0) is 17.3. The minimum absolute atomic E-state index is 0.351. The van der Waals surface area contributed by atoms with Crippen LogP contribution in [0.15, 0.2) is 54.7 Å². The molecule has 6 heteroatoms. The first-order chi connectivity index (χ1) is 11.4. The number of aromatic amines is 1. The van der Waals surface area contributed by atoms with Crippen molar-refractivity contribution in [3.05, 3.63) is 70.6 Å². The Morgan fingerprint density at radius 1 is 1.08 bits per heavy atom. The first-order valence-corrected chi connectivity index (χ1v) is 7.88. The van der Waals surface area contributed by atoms with Crippen molar-refractivity contribution in [2.24, 2.45) is 0 Å². The molecular weight excluding hydrogens is 333 g/mol. The van der Waals surface area contributed by atoms with Crippen molar-refractivity contribution < 1.29 is 13.2 Å². The van der Waals surface area contributed by atoms with Gasteiger partial charge in [0.2, 0.25) is 0 Å². The Bertz CT molecular complexity index is 905. The summed E-state index contributed by atoms with van der Waals surface area (Å²) in [6.45, 7) is 2.08. The molecule has 2 nitrogen and oxygen atoms in total. The number of halogens is 3. The summed E-state index contributed by atoms with van der Waals surface area (Å²) >= 11 is 5.27. The minimum atomic E-state index is -4.38. The molecule has 0 fully saturated rings. The highest BCUT2D eigenvalue weighted by Crippen LogP contribution is 2.30. The molecule has 1 N–H and O–H groups in total. The lowest BCUT2D eigenvalue weighted by Gasteiger charge is -2.09. The van der Waals surface area contributed by atoms with Gasteiger partial charge in [0, 0.05) is 11.9 Å². The molecule has 1 aromatic heterocycles. The smallest absolute Gasteiger partial charge is 0.330 e. The fraction of sp³-hybridized carbons (Fsp3) is 0.167. The Morgan fingerprint density at radius 2 is 1.79 bits per heavy atom. The minimum Gasteiger partial charge on any atom is -0.330 e. The molecule has 0 atom stereocenters. The highest BCUT2D eigenvalue weighted by molar-refractivity contribution is 7.71. The summed E-state index contributed by atoms with van der Waals surface area (Å²) in [6, 6.07) is 13.1. The predicted molar refractivity (Wildman–Crippen MR) is 90.8 cm³/mol. The van der Waals surface area contributed by atoms with Crippen LogP contribution >= 0.6 is 12.2 Å². The third-order valence-corrected chi connectivity index (χ3v) is 4.14. The molecular formula is C18H15F3N2S. The summed E-state index contributed by atoms with van der Waals surface area (Å²) in [5, 5.41) is 0. The Hall–Kier alpha value is -2.34. The van der Waals surface area contributed by atoms with E-state index in [1.54, 1.807) is 16.8 Å². The lowest BCUT2D eigenvalue weighted by Crippen LogP contribution is -2.05. The monoisotopic (exact) mass is 348 g/mol. The van der Waals surface area contributed by atoms with Gasteiger partial charge in [0.15, 0.2) is 4.77 Å². The van der Waals surface area contributed by atoms with Gasteiger partial charge in [-0.15, -0.1) is 0 Å². The topological polar surface area (TPSA) is 20.7 Å². The first kappa shape index (κ1) is 16.5. The van der Waals surface area contributed by atoms with Gasteiger partial charge in [0.05, 0.1) is 11.3 Å². The van der Waals surface area contributed by atoms with E-state index in [1.165, 1.54) is 11.6 Å². The van der Waals surface area contributed by atoms with Crippen LogP contribution in [0.1, 0.15) is 18.1 Å². The van der Waals surface area contributed by atoms with Crippen molar-refractivity contribution in [2.75, 3.05) is 0 Å². The fourth-order valence-corrected chi connectivity index (χ4v) is 2.75. The summed E-state index contributed by atoms with van der Waals surface area (Å²) in [5.74, 6) is 0. The van der Waals surface area contributed by atoms with Crippen LogP contribution < -0.4 is 0 Å². The second kappa shape index (κ2) is 6.28. The van der Waals surface area contributed by atoms with Gasteiger partial charge in [0.25, 0.3) is 0 Å². The van der Waals surface area contributed by atoms with Crippen LogP contribution in [-0.4, -0.2) is 9.55 Å². The van der Waals surface area contributed by atoms with Crippen molar-refractivity contribution in [1.82, 2.24) is 9.55 Å². The van der Waals surface area contributed by atoms with Gasteiger partial charge in [-0.25, -0.2) is 0 Å². The Morgan fingerprint density at radius 3 is 2.42 bits per heavy atom. The molecule has 0 spiro atoms. The van der Waals surface area contributed by atoms with E-state index in [0.29, 0.717) is 10.5 Å². The number of hydrogen-bond donors (Lipinski definition) is 1. The van der Waals surface area contributed by atoms with Crippen LogP contribution in [0.3, 0.4) is 0 Å². The number of nitrogens with one attached hydrogen (secondary N) is 1. The van der Waals surface area contributed by atoms with Crippen LogP contribution in [-0.2, 0) is 12.6 Å². The molecule has 0 saturated carbocycles. The van der Waals surface area contributed by atoms with E-state index >= 15 is 0 Å². The van der Waals surface area contributed by atoms with Crippen LogP contribution in [0.5, 0.6) is 0 Å². The van der Waals surface area contributed by atoms with Crippen LogP contribution in [0, 0.1) is 4.77 Å². The number of rotatable bonds is 3. The first-order valence-electron chi connectivity index (χ1n) is 7.47. The Labute approximate surface area is 142 Å². The number of imidazole rings is 1. The number of nitrogens with zero attached hydrogens (tertiary/aromatic N) is 1. The average Bonchev–Trinajstić information content (AvgIpc) is 2.96. The van der Waals surface area contributed by atoms with E-state index in [9.17, 15) is 13.2 Å². The molecule has 0 amide bonds. The van der Waals surface area contributed by atoms with Crippen molar-refractivity contribution >= 4 is 12.2 Å². The van der Waals surface area contributed by atoms with E-state index in [4.69, 9.17) is 12.2 Å². The SMILES string of the molecule is CCc1ccc(-c2cn(-c3cccc(C(F)(F)F)c3)c(=S)[nH]2)cc1. The van der Waals surface area contributed by atoms with Crippen molar-refractivity contribution in [3.8, 4) is 16.9 Å². The molecule has 3 aromatic rings. The molecule has 0 aliphatic carbocycles. The number of hydrogen-bond acceptors (Lipinski definition) is 1. The molecule has 0 aliphatic rings. The van der Waals surface area contributed by atoms with Gasteiger partial charge in [-0.3, -0.25) is 4.57 Å². The quantitative estimate of drug-likeness (QED) is 0.595. The molecule has 1 heterocycles. The van der Waals surface area contributed by atoms with Crippen molar-refractivity contribution in [3.63, 3.8) is 0 Å². The molecule has 0 aliphatic heterocycles. The van der Waals surface area contributed by atoms with Gasteiger partial charge in [-0.2, -0.15) is 13.2 Å². The van der Waals surface area contributed by atoms with Gasteiger partial charge in [-0.1, -0.05) is 37.3 Å². The lowest BCUT2D eigenvalue weighted by atomic mass is 10.1. The molecule has 0 bridgehead atoms. The van der Waals surface area contributed by atoms with E-state index < -0.39 is 11.7 Å². The largest absolute Gasteiger partial charge is 0.416 e. The van der Waals surface area contributed by atoms with E-state index in [-0.39, 0.29) is 0 Å². The number of aryl methyl sites for hydroxylation is 1. The molecule has 0 unspecified atom stereocenters. The van der Waals surface area contributed by atoms with Gasteiger partial charge >= 0.3 is 6.18 Å². The molecule has 24 heavy (non-hydrogen) atoms. The number of benzene rings is 2. The van der Waals surface area contributed by atoms with E-state index in [2.05, 4.69) is 11.9 Å². The van der Waals surface area contributed by atoms with E-state index in [1.807, 2.05) is 24.3 Å². The lowest BCUT2D eigenvalue weighted by molar-refractivity contribution is -0.137. The van der Waals surface area contributed by atoms with E-state index in [0.717, 1.165) is 29.8 Å². The summed E-state index contributed by atoms with van der Waals surface area (Å²) < 4.78 is 40.5. The maximum atomic E-state index is 12.9. The Balaban J connectivity index is 2.01. The average molecular weight is 348 g/mol. The summed E-state index contributed by atoms with van der Waals surface area (Å²) in [6.07, 6.45) is -1.71. The second-order valence-electron chi connectivity index (χ2n) is 5.44. The highest BCUT2D eigenvalue weighted by atomic mass is 32.1. The van der Waals surface area contributed by atoms with Crippen LogP contribution in [0.2, 0.25) is 0 Å². The van der Waals surface area contributed by atoms with Crippen molar-refractivity contribution in [1.29, 1.82) is 0 Å². The molecule has 3 rings (SSSR count). The molecule has 0 radical (unpaired) electrons. The van der Waals surface area contributed by atoms with Gasteiger partial charge < -0.3 is 4.98 Å². The van der Waals surface area contributed by atoms with Crippen LogP contribution in [0.4, 0.5) is 13.2 Å². The highest BCUT2D eigenvalue weighted by Gasteiger charge is 2.30. The molecule has 0 saturated heterocycles. The van der Waals surface area contributed by atoms with Crippen molar-refractivity contribution in [2.45, 2.75) is 19.5 Å². The summed E-state index contributed by atoms with van der Waals surface area (Å²) in [7, 11) is 0. The summed E-state index contributed by atoms with van der Waals surface area (Å²) in [4.78, 5) is 3.05. The second-order valence-corrected chi connectivity index (χ2v) is 5.83. The third kappa shape index (κ3) is 3.28. The fourth-order valence-electron chi connectivity index (χ4n) is 2.49. The Kier molecular flexibility index (Phi) is 4.32. The number of alkyl halides is 3. The predicted octanol–water partition coefficient (Wildman–Crippen LogP) is 5.78. The maximum Gasteiger partial charge on any atom is 0.416 e. The zero-order valence-electron chi connectivity index (χ0n) is 12.9. The molecule has 124 valence electrons. The van der Waals surface area contributed by atoms with Gasteiger partial charge in [-0.05, 0) is 48.0 Å². The number of aromatic nitrogens is 2. The maximum absolute atomic E-state index is 12.9. The normalized spacial score (nSPS) is 11.7. The number of H-pyrrole nitrogens is 1. The third-order valence-electron chi connectivity index (χ3n) is 3.84.